The number of hydrogen-bond acceptors (Lipinski definition) is 5. The van der Waals surface area contributed by atoms with E-state index in [9.17, 15) is 4.79 Å². The molecule has 0 aliphatic carbocycles. The number of methoxy groups -OCH3 is 1. The second kappa shape index (κ2) is 6.54. The minimum atomic E-state index is -0.0534. The molecule has 0 amide bonds. The van der Waals surface area contributed by atoms with E-state index < -0.39 is 0 Å². The predicted molar refractivity (Wildman–Crippen MR) is 97.3 cm³/mol. The Labute approximate surface area is 154 Å². The zero-order chi connectivity index (χ0) is 17.4. The van der Waals surface area contributed by atoms with Gasteiger partial charge in [-0.05, 0) is 42.0 Å². The van der Waals surface area contributed by atoms with E-state index in [0.717, 1.165) is 16.9 Å². The molecule has 7 heteroatoms. The van der Waals surface area contributed by atoms with E-state index in [2.05, 4.69) is 10.1 Å². The molecule has 5 nitrogen and oxygen atoms in total. The molecular weight excluding hydrogens is 358 g/mol. The number of benzene rings is 2. The fourth-order valence-corrected chi connectivity index (χ4v) is 3.96. The molecule has 3 aromatic rings. The monoisotopic (exact) mass is 371 g/mol. The maximum Gasteiger partial charge on any atom is 0.250 e. The Bertz CT molecular complexity index is 922. The van der Waals surface area contributed by atoms with Crippen molar-refractivity contribution in [3.05, 3.63) is 59.1 Å². The number of fused-ring (bicyclic) bond motifs is 1. The van der Waals surface area contributed by atoms with E-state index >= 15 is 0 Å². The highest BCUT2D eigenvalue weighted by Gasteiger charge is 2.30. The van der Waals surface area contributed by atoms with Gasteiger partial charge in [0.15, 0.2) is 11.0 Å². The number of thioether (sulfide) groups is 1. The summed E-state index contributed by atoms with van der Waals surface area (Å²) < 4.78 is 6.58. The molecule has 25 heavy (non-hydrogen) atoms. The molecule has 0 saturated heterocycles. The standard InChI is InChI=1S/C18H14ClN3O2S/c1-24-14-8-4-11(5-9-14)15-10-16(23)22-18(25-15)20-17(21-22)12-2-6-13(19)7-3-12/h2-9,15H,10H2,1H3/t15-/m0/s1. The Kier molecular flexibility index (Phi) is 4.23. The van der Waals surface area contributed by atoms with Gasteiger partial charge in [-0.3, -0.25) is 4.79 Å². The summed E-state index contributed by atoms with van der Waals surface area (Å²) in [6, 6.07) is 15.0. The Hall–Kier alpha value is -2.31. The average molecular weight is 372 g/mol. The first-order chi connectivity index (χ1) is 12.1. The second-order valence-corrected chi connectivity index (χ2v) is 7.22. The van der Waals surface area contributed by atoms with Crippen LogP contribution in [0.2, 0.25) is 5.02 Å². The van der Waals surface area contributed by atoms with Crippen molar-refractivity contribution in [2.75, 3.05) is 7.11 Å². The van der Waals surface area contributed by atoms with Crippen LogP contribution < -0.4 is 4.74 Å². The molecule has 0 bridgehead atoms. The van der Waals surface area contributed by atoms with Crippen LogP contribution in [0.3, 0.4) is 0 Å². The van der Waals surface area contributed by atoms with Gasteiger partial charge in [0.1, 0.15) is 5.75 Å². The molecule has 2 aromatic carbocycles. The Morgan fingerprint density at radius 2 is 1.88 bits per heavy atom. The summed E-state index contributed by atoms with van der Waals surface area (Å²) in [5, 5.41) is 5.64. The summed E-state index contributed by atoms with van der Waals surface area (Å²) in [6.07, 6.45) is 0.382. The first-order valence-electron chi connectivity index (χ1n) is 7.71. The van der Waals surface area contributed by atoms with Crippen molar-refractivity contribution in [1.82, 2.24) is 14.8 Å². The van der Waals surface area contributed by atoms with Crippen molar-refractivity contribution in [2.45, 2.75) is 16.8 Å². The molecule has 0 spiro atoms. The molecule has 2 heterocycles. The maximum atomic E-state index is 12.5. The first kappa shape index (κ1) is 16.2. The molecule has 0 N–H and O–H groups in total. The number of hydrogen-bond donors (Lipinski definition) is 0. The largest absolute Gasteiger partial charge is 0.497 e. The predicted octanol–water partition coefficient (Wildman–Crippen LogP) is 4.48. The molecule has 4 rings (SSSR count). The molecule has 126 valence electrons. The average Bonchev–Trinajstić information content (AvgIpc) is 3.07. The molecule has 0 unspecified atom stereocenters. The third kappa shape index (κ3) is 3.15. The zero-order valence-electron chi connectivity index (χ0n) is 13.3. The van der Waals surface area contributed by atoms with Gasteiger partial charge in [0.2, 0.25) is 0 Å². The van der Waals surface area contributed by atoms with Crippen molar-refractivity contribution in [3.63, 3.8) is 0 Å². The Morgan fingerprint density at radius 3 is 2.56 bits per heavy atom. The van der Waals surface area contributed by atoms with Crippen LogP contribution in [0.4, 0.5) is 0 Å². The SMILES string of the molecule is COc1ccc([C@@H]2CC(=O)n3nc(-c4ccc(Cl)cc4)nc3S2)cc1. The van der Waals surface area contributed by atoms with E-state index in [0.29, 0.717) is 22.4 Å². The molecular formula is C18H14ClN3O2S. The number of nitrogens with zero attached hydrogens (tertiary/aromatic N) is 3. The van der Waals surface area contributed by atoms with Gasteiger partial charge in [0.25, 0.3) is 5.91 Å². The normalized spacial score (nSPS) is 16.6. The fourth-order valence-electron chi connectivity index (χ4n) is 2.68. The van der Waals surface area contributed by atoms with Gasteiger partial charge in [-0.2, -0.15) is 4.68 Å². The summed E-state index contributed by atoms with van der Waals surface area (Å²) in [5.74, 6) is 1.27. The van der Waals surface area contributed by atoms with Crippen molar-refractivity contribution >= 4 is 29.3 Å². The number of carbonyl (C=O) groups excluding carboxylic acids is 1. The molecule has 0 saturated carbocycles. The lowest BCUT2D eigenvalue weighted by Crippen LogP contribution is -2.20. The molecule has 1 aliphatic heterocycles. The van der Waals surface area contributed by atoms with Crippen LogP contribution in [0, 0.1) is 0 Å². The third-order valence-electron chi connectivity index (χ3n) is 4.01. The number of rotatable bonds is 3. The number of ether oxygens (including phenoxy) is 1. The Balaban J connectivity index is 1.63. The summed E-state index contributed by atoms with van der Waals surface area (Å²) in [4.78, 5) is 17.0. The number of aromatic nitrogens is 3. The quantitative estimate of drug-likeness (QED) is 0.679. The van der Waals surface area contributed by atoms with Gasteiger partial charge in [-0.25, -0.2) is 4.98 Å². The minimum absolute atomic E-state index is 0.0215. The fraction of sp³-hybridized carbons (Fsp3) is 0.167. The first-order valence-corrected chi connectivity index (χ1v) is 8.96. The lowest BCUT2D eigenvalue weighted by Gasteiger charge is -2.20. The summed E-state index contributed by atoms with van der Waals surface area (Å²) in [7, 11) is 1.63. The van der Waals surface area contributed by atoms with E-state index in [4.69, 9.17) is 16.3 Å². The van der Waals surface area contributed by atoms with Crippen molar-refractivity contribution in [1.29, 1.82) is 0 Å². The van der Waals surface area contributed by atoms with E-state index in [-0.39, 0.29) is 11.2 Å². The van der Waals surface area contributed by atoms with Gasteiger partial charge in [0.05, 0.1) is 7.11 Å². The summed E-state index contributed by atoms with van der Waals surface area (Å²) >= 11 is 7.47. The molecule has 0 radical (unpaired) electrons. The van der Waals surface area contributed by atoms with E-state index in [1.165, 1.54) is 4.68 Å². The lowest BCUT2D eigenvalue weighted by molar-refractivity contribution is 0.0868. The second-order valence-electron chi connectivity index (χ2n) is 5.61. The highest BCUT2D eigenvalue weighted by atomic mass is 35.5. The van der Waals surface area contributed by atoms with Gasteiger partial charge < -0.3 is 4.74 Å². The molecule has 1 atom stereocenters. The van der Waals surface area contributed by atoms with Crippen molar-refractivity contribution < 1.29 is 9.53 Å². The van der Waals surface area contributed by atoms with Crippen LogP contribution in [0.1, 0.15) is 22.0 Å². The molecule has 1 aliphatic rings. The van der Waals surface area contributed by atoms with Crippen LogP contribution >= 0.6 is 23.4 Å². The van der Waals surface area contributed by atoms with Gasteiger partial charge in [-0.1, -0.05) is 35.5 Å². The Morgan fingerprint density at radius 1 is 1.16 bits per heavy atom. The van der Waals surface area contributed by atoms with Crippen LogP contribution in [0.15, 0.2) is 53.7 Å². The van der Waals surface area contributed by atoms with Crippen molar-refractivity contribution in [3.8, 4) is 17.1 Å². The third-order valence-corrected chi connectivity index (χ3v) is 5.46. The summed E-state index contributed by atoms with van der Waals surface area (Å²) in [5.41, 5.74) is 1.90. The maximum absolute atomic E-state index is 12.5. The van der Waals surface area contributed by atoms with E-state index in [1.807, 2.05) is 36.4 Å². The molecule has 0 fully saturated rings. The lowest BCUT2D eigenvalue weighted by atomic mass is 10.1. The van der Waals surface area contributed by atoms with Gasteiger partial charge in [-0.15, -0.1) is 5.10 Å². The van der Waals surface area contributed by atoms with E-state index in [1.54, 1.807) is 31.0 Å². The van der Waals surface area contributed by atoms with Gasteiger partial charge in [0, 0.05) is 22.3 Å². The topological polar surface area (TPSA) is 57.0 Å². The minimum Gasteiger partial charge on any atom is -0.497 e. The van der Waals surface area contributed by atoms with Crippen molar-refractivity contribution in [2.24, 2.45) is 0 Å². The van der Waals surface area contributed by atoms with Crippen LogP contribution in [-0.2, 0) is 0 Å². The van der Waals surface area contributed by atoms with Crippen LogP contribution in [0.25, 0.3) is 11.4 Å². The van der Waals surface area contributed by atoms with Gasteiger partial charge >= 0.3 is 0 Å². The number of halogens is 1. The van der Waals surface area contributed by atoms with Crippen LogP contribution in [0.5, 0.6) is 5.75 Å². The highest BCUT2D eigenvalue weighted by Crippen LogP contribution is 2.41. The molecule has 1 aromatic heterocycles. The zero-order valence-corrected chi connectivity index (χ0v) is 14.9. The van der Waals surface area contributed by atoms with Crippen LogP contribution in [-0.4, -0.2) is 27.8 Å². The smallest absolute Gasteiger partial charge is 0.250 e. The highest BCUT2D eigenvalue weighted by molar-refractivity contribution is 7.99. The summed E-state index contributed by atoms with van der Waals surface area (Å²) in [6.45, 7) is 0. The number of carbonyl (C=O) groups is 1.